The summed E-state index contributed by atoms with van der Waals surface area (Å²) in [6.07, 6.45) is 1.49. The molecule has 0 aliphatic carbocycles. The van der Waals surface area contributed by atoms with E-state index in [1.807, 2.05) is 13.0 Å². The van der Waals surface area contributed by atoms with E-state index in [2.05, 4.69) is 15.3 Å². The summed E-state index contributed by atoms with van der Waals surface area (Å²) in [4.78, 5) is 19.4. The van der Waals surface area contributed by atoms with Crippen molar-refractivity contribution in [3.8, 4) is 17.6 Å². The van der Waals surface area contributed by atoms with Crippen LogP contribution in [-0.2, 0) is 13.0 Å². The van der Waals surface area contributed by atoms with Gasteiger partial charge < -0.3 is 15.0 Å². The van der Waals surface area contributed by atoms with E-state index >= 15 is 4.39 Å². The van der Waals surface area contributed by atoms with Gasteiger partial charge in [-0.2, -0.15) is 5.26 Å². The number of halogens is 4. The van der Waals surface area contributed by atoms with Crippen LogP contribution in [0.1, 0.15) is 40.8 Å². The fourth-order valence-electron chi connectivity index (χ4n) is 2.78. The second kappa shape index (κ2) is 10.0. The Bertz CT molecular complexity index is 1170. The van der Waals surface area contributed by atoms with Gasteiger partial charge in [-0.25, -0.2) is 9.37 Å². The predicted molar refractivity (Wildman–Crippen MR) is 116 cm³/mol. The molecule has 1 heterocycles. The largest absolute Gasteiger partial charge is 0.453 e. The highest BCUT2D eigenvalue weighted by Gasteiger charge is 2.19. The molecule has 0 aliphatic heterocycles. The first-order valence-electron chi connectivity index (χ1n) is 9.20. The van der Waals surface area contributed by atoms with E-state index in [9.17, 15) is 4.79 Å². The number of aryl methyl sites for hydroxylation is 1. The van der Waals surface area contributed by atoms with Gasteiger partial charge in [0, 0.05) is 23.6 Å². The molecule has 0 aliphatic rings. The van der Waals surface area contributed by atoms with Crippen LogP contribution in [0.4, 0.5) is 4.39 Å². The summed E-state index contributed by atoms with van der Waals surface area (Å²) in [5.74, 6) is -0.772. The highest BCUT2D eigenvalue weighted by Crippen LogP contribution is 2.35. The van der Waals surface area contributed by atoms with Crippen LogP contribution in [-0.4, -0.2) is 15.9 Å². The summed E-state index contributed by atoms with van der Waals surface area (Å²) in [7, 11) is 0. The fraction of sp³-hybridized carbons (Fsp3) is 0.190. The minimum Gasteiger partial charge on any atom is -0.453 e. The molecule has 0 bridgehead atoms. The lowest BCUT2D eigenvalue weighted by molar-refractivity contribution is 0.0946. The van der Waals surface area contributed by atoms with Gasteiger partial charge in [-0.1, -0.05) is 47.8 Å². The first-order valence-corrected chi connectivity index (χ1v) is 10.3. The van der Waals surface area contributed by atoms with Crippen LogP contribution < -0.4 is 10.1 Å². The summed E-state index contributed by atoms with van der Waals surface area (Å²) >= 11 is 18.1. The number of amides is 1. The molecule has 3 aromatic rings. The summed E-state index contributed by atoms with van der Waals surface area (Å²) in [5, 5.41) is 12.0. The maximum atomic E-state index is 15.0. The number of H-pyrrole nitrogens is 1. The number of hydrogen-bond donors (Lipinski definition) is 2. The molecule has 0 radical (unpaired) electrons. The van der Waals surface area contributed by atoms with Crippen LogP contribution in [0.25, 0.3) is 0 Å². The van der Waals surface area contributed by atoms with Crippen molar-refractivity contribution in [1.82, 2.24) is 15.3 Å². The molecule has 0 spiro atoms. The Morgan fingerprint density at radius 3 is 2.77 bits per heavy atom. The third kappa shape index (κ3) is 5.47. The van der Waals surface area contributed by atoms with Crippen molar-refractivity contribution in [2.75, 3.05) is 0 Å². The maximum Gasteiger partial charge on any atom is 0.271 e. The van der Waals surface area contributed by atoms with Crippen LogP contribution in [0.3, 0.4) is 0 Å². The van der Waals surface area contributed by atoms with E-state index in [1.54, 1.807) is 0 Å². The summed E-state index contributed by atoms with van der Waals surface area (Å²) in [6, 6.07) is 9.10. The van der Waals surface area contributed by atoms with E-state index in [4.69, 9.17) is 44.8 Å². The number of hydrogen-bond acceptors (Lipinski definition) is 4. The Morgan fingerprint density at radius 1 is 1.29 bits per heavy atom. The molecule has 0 saturated heterocycles. The zero-order valence-electron chi connectivity index (χ0n) is 16.2. The zero-order valence-corrected chi connectivity index (χ0v) is 18.5. The number of nitrogens with zero attached hydrogens (tertiary/aromatic N) is 2. The normalized spacial score (nSPS) is 10.6. The second-order valence-corrected chi connectivity index (χ2v) is 7.72. The Labute approximate surface area is 192 Å². The first-order chi connectivity index (χ1) is 14.8. The Morgan fingerprint density at radius 2 is 2.06 bits per heavy atom. The molecule has 160 valence electrons. The van der Waals surface area contributed by atoms with E-state index in [0.29, 0.717) is 12.2 Å². The highest BCUT2D eigenvalue weighted by molar-refractivity contribution is 6.32. The molecule has 31 heavy (non-hydrogen) atoms. The number of rotatable bonds is 7. The quantitative estimate of drug-likeness (QED) is 0.429. The number of nitriles is 1. The van der Waals surface area contributed by atoms with Gasteiger partial charge in [-0.05, 0) is 30.7 Å². The molecule has 3 rings (SSSR count). The van der Waals surface area contributed by atoms with Crippen molar-refractivity contribution < 1.29 is 13.9 Å². The number of aromatic nitrogens is 2. The lowest BCUT2D eigenvalue weighted by atomic mass is 10.2. The number of carbonyl (C=O) groups excluding carboxylic acids is 1. The zero-order chi connectivity index (χ0) is 22.5. The Kier molecular flexibility index (Phi) is 7.39. The molecule has 1 amide bonds. The van der Waals surface area contributed by atoms with Crippen molar-refractivity contribution in [3.05, 3.63) is 74.0 Å². The SMILES string of the molecule is CCCc1nc(Cl)c(C(=O)NCc2ccc(Cl)c(Oc3cc(Cl)cc(C#N)c3)c2F)[nH]1. The minimum atomic E-state index is -0.756. The highest BCUT2D eigenvalue weighted by atomic mass is 35.5. The van der Waals surface area contributed by atoms with Gasteiger partial charge in [0.1, 0.15) is 17.3 Å². The van der Waals surface area contributed by atoms with Crippen LogP contribution in [0.5, 0.6) is 11.5 Å². The van der Waals surface area contributed by atoms with Gasteiger partial charge in [-0.3, -0.25) is 4.79 Å². The molecule has 0 atom stereocenters. The average Bonchev–Trinajstić information content (AvgIpc) is 3.10. The van der Waals surface area contributed by atoms with E-state index in [-0.39, 0.29) is 50.1 Å². The number of carbonyl (C=O) groups is 1. The second-order valence-electron chi connectivity index (χ2n) is 6.52. The molecule has 0 fully saturated rings. The van der Waals surface area contributed by atoms with Gasteiger partial charge in [0.15, 0.2) is 16.7 Å². The van der Waals surface area contributed by atoms with Gasteiger partial charge >= 0.3 is 0 Å². The Hall–Kier alpha value is -2.79. The standard InChI is InChI=1S/C21H16Cl3FN4O2/c1-2-3-16-28-18(20(24)29-16)21(30)27-10-12-4-5-15(23)19(17(12)25)31-14-7-11(9-26)6-13(22)8-14/h4-8H,2-3,10H2,1H3,(H,27,30)(H,28,29). The third-order valence-corrected chi connectivity index (χ3v) is 5.00. The predicted octanol–water partition coefficient (Wildman–Crippen LogP) is 6.06. The summed E-state index contributed by atoms with van der Waals surface area (Å²) < 4.78 is 20.6. The smallest absolute Gasteiger partial charge is 0.271 e. The third-order valence-electron chi connectivity index (χ3n) is 4.21. The molecular formula is C21H16Cl3FN4O2. The van der Waals surface area contributed by atoms with Gasteiger partial charge in [0.2, 0.25) is 0 Å². The number of nitrogens with one attached hydrogen (secondary N) is 2. The van der Waals surface area contributed by atoms with E-state index in [1.165, 1.54) is 30.3 Å². The first kappa shape index (κ1) is 22.9. The van der Waals surface area contributed by atoms with E-state index in [0.717, 1.165) is 6.42 Å². The minimum absolute atomic E-state index is 0.0203. The lowest BCUT2D eigenvalue weighted by Gasteiger charge is -2.13. The van der Waals surface area contributed by atoms with Crippen LogP contribution in [0.2, 0.25) is 15.2 Å². The maximum absolute atomic E-state index is 15.0. The van der Waals surface area contributed by atoms with Crippen molar-refractivity contribution in [1.29, 1.82) is 5.26 Å². The van der Waals surface area contributed by atoms with E-state index < -0.39 is 11.7 Å². The van der Waals surface area contributed by atoms with Crippen LogP contribution in [0.15, 0.2) is 30.3 Å². The molecule has 2 N–H and O–H groups in total. The van der Waals surface area contributed by atoms with Crippen LogP contribution in [0, 0.1) is 17.1 Å². The summed E-state index contributed by atoms with van der Waals surface area (Å²) in [5.41, 5.74) is 0.500. The van der Waals surface area contributed by atoms with Crippen molar-refractivity contribution >= 4 is 40.7 Å². The molecule has 6 nitrogen and oxygen atoms in total. The topological polar surface area (TPSA) is 90.8 Å². The molecule has 0 unspecified atom stereocenters. The Balaban J connectivity index is 1.79. The van der Waals surface area contributed by atoms with Crippen molar-refractivity contribution in [2.45, 2.75) is 26.3 Å². The summed E-state index contributed by atoms with van der Waals surface area (Å²) in [6.45, 7) is 1.83. The number of benzene rings is 2. The molecule has 1 aromatic heterocycles. The van der Waals surface area contributed by atoms with Gasteiger partial charge in [-0.15, -0.1) is 0 Å². The molecule has 10 heteroatoms. The number of aromatic amines is 1. The average molecular weight is 482 g/mol. The molecule has 0 saturated carbocycles. The van der Waals surface area contributed by atoms with Crippen molar-refractivity contribution in [2.24, 2.45) is 0 Å². The molecular weight excluding hydrogens is 466 g/mol. The number of ether oxygens (including phenoxy) is 1. The fourth-order valence-corrected chi connectivity index (χ4v) is 3.42. The molecule has 2 aromatic carbocycles. The monoisotopic (exact) mass is 480 g/mol. The van der Waals surface area contributed by atoms with Crippen LogP contribution >= 0.6 is 34.8 Å². The van der Waals surface area contributed by atoms with Gasteiger partial charge in [0.25, 0.3) is 5.91 Å². The lowest BCUT2D eigenvalue weighted by Crippen LogP contribution is -2.24. The van der Waals surface area contributed by atoms with Crippen molar-refractivity contribution in [3.63, 3.8) is 0 Å². The number of imidazole rings is 1. The van der Waals surface area contributed by atoms with Gasteiger partial charge in [0.05, 0.1) is 16.7 Å².